The maximum atomic E-state index is 11.8. The van der Waals surface area contributed by atoms with Crippen molar-refractivity contribution in [2.75, 3.05) is 6.54 Å². The van der Waals surface area contributed by atoms with E-state index >= 15 is 0 Å². The lowest BCUT2D eigenvalue weighted by atomic mass is 9.72. The van der Waals surface area contributed by atoms with E-state index in [1.165, 1.54) is 0 Å². The Bertz CT molecular complexity index is 341. The first-order valence-corrected chi connectivity index (χ1v) is 6.67. The van der Waals surface area contributed by atoms with E-state index in [-0.39, 0.29) is 11.6 Å². The number of amidine groups is 1. The number of urea groups is 1. The molecule has 0 radical (unpaired) electrons. The Morgan fingerprint density at radius 3 is 2.53 bits per heavy atom. The standard InChI is InChI=1S/C13H23N3O/c1-4-16-12(17)15-11(14)13(16)7-5-10(6-8-13)9(2)3/h9-10H,4-8H2,1-3H3,(H2,14,15,17). The summed E-state index contributed by atoms with van der Waals surface area (Å²) in [5.41, 5.74) is 5.76. The summed E-state index contributed by atoms with van der Waals surface area (Å²) in [6.07, 6.45) is 4.25. The van der Waals surface area contributed by atoms with Gasteiger partial charge >= 0.3 is 6.03 Å². The monoisotopic (exact) mass is 237 g/mol. The van der Waals surface area contributed by atoms with Gasteiger partial charge in [-0.15, -0.1) is 0 Å². The SMILES string of the molecule is CCN1C(=O)N=C(N)C12CCC(C(C)C)CC2. The van der Waals surface area contributed by atoms with Crippen molar-refractivity contribution in [1.82, 2.24) is 4.90 Å². The minimum Gasteiger partial charge on any atom is -0.385 e. The first-order valence-electron chi connectivity index (χ1n) is 6.67. The summed E-state index contributed by atoms with van der Waals surface area (Å²) in [6, 6.07) is -0.145. The number of likely N-dealkylation sites (N-methyl/N-ethyl adjacent to an activating group) is 1. The highest BCUT2D eigenvalue weighted by Gasteiger charge is 2.49. The second-order valence-electron chi connectivity index (χ2n) is 5.64. The van der Waals surface area contributed by atoms with Crippen LogP contribution in [0.25, 0.3) is 0 Å². The molecule has 1 spiro atoms. The van der Waals surface area contributed by atoms with E-state index in [1.54, 1.807) is 0 Å². The van der Waals surface area contributed by atoms with E-state index in [4.69, 9.17) is 5.73 Å². The van der Waals surface area contributed by atoms with Gasteiger partial charge in [0.1, 0.15) is 11.4 Å². The van der Waals surface area contributed by atoms with Crippen molar-refractivity contribution < 1.29 is 4.79 Å². The molecule has 17 heavy (non-hydrogen) atoms. The van der Waals surface area contributed by atoms with Crippen molar-refractivity contribution in [1.29, 1.82) is 0 Å². The van der Waals surface area contributed by atoms with Crippen molar-refractivity contribution in [3.8, 4) is 0 Å². The Morgan fingerprint density at radius 1 is 1.47 bits per heavy atom. The number of hydrogen-bond donors (Lipinski definition) is 1. The normalized spacial score (nSPS) is 33.6. The molecule has 2 rings (SSSR count). The first kappa shape index (κ1) is 12.4. The van der Waals surface area contributed by atoms with Gasteiger partial charge in [-0.2, -0.15) is 4.99 Å². The fourth-order valence-electron chi connectivity index (χ4n) is 3.34. The van der Waals surface area contributed by atoms with Crippen molar-refractivity contribution in [2.45, 2.75) is 52.0 Å². The van der Waals surface area contributed by atoms with Gasteiger partial charge in [0.25, 0.3) is 0 Å². The van der Waals surface area contributed by atoms with Gasteiger partial charge < -0.3 is 10.6 Å². The molecule has 0 aromatic heterocycles. The lowest BCUT2D eigenvalue weighted by molar-refractivity contribution is 0.118. The fourth-order valence-corrected chi connectivity index (χ4v) is 3.34. The topological polar surface area (TPSA) is 58.7 Å². The van der Waals surface area contributed by atoms with Crippen molar-refractivity contribution in [2.24, 2.45) is 22.6 Å². The van der Waals surface area contributed by atoms with Crippen LogP contribution in [0.1, 0.15) is 46.5 Å². The molecule has 96 valence electrons. The molecule has 2 amide bonds. The van der Waals surface area contributed by atoms with Gasteiger partial charge in [-0.1, -0.05) is 13.8 Å². The molecular weight excluding hydrogens is 214 g/mol. The van der Waals surface area contributed by atoms with E-state index in [0.717, 1.165) is 37.5 Å². The predicted molar refractivity (Wildman–Crippen MR) is 68.9 cm³/mol. The summed E-state index contributed by atoms with van der Waals surface area (Å²) in [5.74, 6) is 2.03. The zero-order chi connectivity index (χ0) is 12.6. The summed E-state index contributed by atoms with van der Waals surface area (Å²) in [7, 11) is 0. The summed E-state index contributed by atoms with van der Waals surface area (Å²) in [4.78, 5) is 17.6. The van der Waals surface area contributed by atoms with E-state index < -0.39 is 0 Å². The Morgan fingerprint density at radius 2 is 2.06 bits per heavy atom. The predicted octanol–water partition coefficient (Wildman–Crippen LogP) is 2.38. The van der Waals surface area contributed by atoms with Gasteiger partial charge in [-0.05, 0) is 44.4 Å². The van der Waals surface area contributed by atoms with E-state index in [9.17, 15) is 4.79 Å². The van der Waals surface area contributed by atoms with Crippen molar-refractivity contribution in [3.63, 3.8) is 0 Å². The molecule has 0 aromatic carbocycles. The number of carbonyl (C=O) groups is 1. The Labute approximate surface area is 103 Å². The maximum absolute atomic E-state index is 11.8. The molecule has 0 unspecified atom stereocenters. The molecule has 1 saturated carbocycles. The van der Waals surface area contributed by atoms with Crippen LogP contribution in [0.5, 0.6) is 0 Å². The van der Waals surface area contributed by atoms with Gasteiger partial charge in [0.15, 0.2) is 0 Å². The van der Waals surface area contributed by atoms with Crippen LogP contribution >= 0.6 is 0 Å². The van der Waals surface area contributed by atoms with Crippen LogP contribution in [0.2, 0.25) is 0 Å². The van der Waals surface area contributed by atoms with E-state index in [0.29, 0.717) is 12.4 Å². The molecule has 1 aliphatic heterocycles. The van der Waals surface area contributed by atoms with E-state index in [1.807, 2.05) is 11.8 Å². The number of nitrogens with two attached hydrogens (primary N) is 1. The van der Waals surface area contributed by atoms with Crippen LogP contribution in [-0.2, 0) is 0 Å². The molecule has 1 aliphatic carbocycles. The minimum absolute atomic E-state index is 0.145. The molecule has 0 bridgehead atoms. The number of aliphatic imine (C=N–C) groups is 1. The summed E-state index contributed by atoms with van der Waals surface area (Å²) in [5, 5.41) is 0. The third-order valence-corrected chi connectivity index (χ3v) is 4.56. The molecule has 0 aromatic rings. The third-order valence-electron chi connectivity index (χ3n) is 4.56. The Hall–Kier alpha value is -1.06. The van der Waals surface area contributed by atoms with Crippen LogP contribution in [0.15, 0.2) is 4.99 Å². The maximum Gasteiger partial charge on any atom is 0.346 e. The Balaban J connectivity index is 2.16. The quantitative estimate of drug-likeness (QED) is 0.801. The Kier molecular flexibility index (Phi) is 3.15. The second kappa shape index (κ2) is 4.31. The fraction of sp³-hybridized carbons (Fsp3) is 0.846. The van der Waals surface area contributed by atoms with Crippen LogP contribution in [0.3, 0.4) is 0 Å². The number of nitrogens with zero attached hydrogens (tertiary/aromatic N) is 2. The second-order valence-corrected chi connectivity index (χ2v) is 5.64. The number of rotatable bonds is 2. The van der Waals surface area contributed by atoms with Crippen LogP contribution < -0.4 is 5.73 Å². The third kappa shape index (κ3) is 1.83. The molecule has 4 nitrogen and oxygen atoms in total. The summed E-state index contributed by atoms with van der Waals surface area (Å²) >= 11 is 0. The number of amides is 2. The minimum atomic E-state index is -0.253. The van der Waals surface area contributed by atoms with Gasteiger partial charge in [-0.25, -0.2) is 4.79 Å². The van der Waals surface area contributed by atoms with Crippen LogP contribution in [0.4, 0.5) is 4.79 Å². The number of hydrogen-bond acceptors (Lipinski definition) is 2. The molecule has 0 saturated heterocycles. The highest BCUT2D eigenvalue weighted by molar-refractivity contribution is 6.05. The average molecular weight is 237 g/mol. The van der Waals surface area contributed by atoms with Crippen molar-refractivity contribution in [3.05, 3.63) is 0 Å². The zero-order valence-electron chi connectivity index (χ0n) is 11.1. The molecule has 1 heterocycles. The van der Waals surface area contributed by atoms with Gasteiger partial charge in [0.05, 0.1) is 0 Å². The van der Waals surface area contributed by atoms with Gasteiger partial charge in [-0.3, -0.25) is 0 Å². The zero-order valence-corrected chi connectivity index (χ0v) is 11.1. The lowest BCUT2D eigenvalue weighted by Gasteiger charge is -2.43. The number of carbonyl (C=O) groups excluding carboxylic acids is 1. The highest BCUT2D eigenvalue weighted by Crippen LogP contribution is 2.41. The summed E-state index contributed by atoms with van der Waals surface area (Å²) < 4.78 is 0. The van der Waals surface area contributed by atoms with Crippen LogP contribution in [0, 0.1) is 11.8 Å². The molecule has 2 N–H and O–H groups in total. The molecular formula is C13H23N3O. The first-order chi connectivity index (χ1) is 8.01. The highest BCUT2D eigenvalue weighted by atomic mass is 16.2. The molecule has 1 fully saturated rings. The van der Waals surface area contributed by atoms with Crippen molar-refractivity contribution >= 4 is 11.9 Å². The summed E-state index contributed by atoms with van der Waals surface area (Å²) in [6.45, 7) is 7.26. The molecule has 2 aliphatic rings. The molecule has 4 heteroatoms. The van der Waals surface area contributed by atoms with Gasteiger partial charge in [0.2, 0.25) is 0 Å². The lowest BCUT2D eigenvalue weighted by Crippen LogP contribution is -2.56. The smallest absolute Gasteiger partial charge is 0.346 e. The van der Waals surface area contributed by atoms with E-state index in [2.05, 4.69) is 18.8 Å². The van der Waals surface area contributed by atoms with Gasteiger partial charge in [0, 0.05) is 6.54 Å². The van der Waals surface area contributed by atoms with Crippen LogP contribution in [-0.4, -0.2) is 28.9 Å². The largest absolute Gasteiger partial charge is 0.385 e. The average Bonchev–Trinajstić information content (AvgIpc) is 2.51. The molecule has 0 atom stereocenters.